The maximum atomic E-state index is 5.42. The molecular weight excluding hydrogens is 232 g/mol. The van der Waals surface area contributed by atoms with E-state index in [2.05, 4.69) is 9.97 Å². The van der Waals surface area contributed by atoms with Gasteiger partial charge in [0, 0.05) is 25.2 Å². The van der Waals surface area contributed by atoms with Crippen LogP contribution in [-0.2, 0) is 12.8 Å². The highest BCUT2D eigenvalue weighted by Gasteiger charge is 2.08. The molecule has 2 rings (SSSR count). The van der Waals surface area contributed by atoms with Crippen LogP contribution in [0.15, 0.2) is 24.8 Å². The minimum atomic E-state index is 0.622. The maximum absolute atomic E-state index is 5.42. The summed E-state index contributed by atoms with van der Waals surface area (Å²) in [5, 5.41) is 0. The van der Waals surface area contributed by atoms with Crippen molar-refractivity contribution in [2.45, 2.75) is 26.7 Å². The maximum Gasteiger partial charge on any atom is 0.145 e. The lowest BCUT2D eigenvalue weighted by molar-refractivity contribution is 0.109. The third-order valence-electron chi connectivity index (χ3n) is 2.47. The number of imidazole rings is 2. The van der Waals surface area contributed by atoms with Crippen LogP contribution in [0, 0.1) is 0 Å². The number of rotatable bonds is 7. The fourth-order valence-electron chi connectivity index (χ4n) is 1.73. The molecule has 0 radical (unpaired) electrons. The van der Waals surface area contributed by atoms with Crippen LogP contribution >= 0.6 is 0 Å². The first-order valence-electron chi connectivity index (χ1n) is 6.16. The van der Waals surface area contributed by atoms with E-state index in [9.17, 15) is 0 Å². The molecule has 0 aromatic carbocycles. The quantitative estimate of drug-likeness (QED) is 0.728. The zero-order chi connectivity index (χ0) is 12.8. The number of hydrogen-bond donors (Lipinski definition) is 0. The van der Waals surface area contributed by atoms with Gasteiger partial charge in [-0.2, -0.15) is 9.46 Å². The van der Waals surface area contributed by atoms with Crippen LogP contribution in [0.3, 0.4) is 0 Å². The fraction of sp³-hybridized carbons (Fsp3) is 0.500. The van der Waals surface area contributed by atoms with Gasteiger partial charge < -0.3 is 9.68 Å². The van der Waals surface area contributed by atoms with Crippen molar-refractivity contribution < 1.29 is 9.68 Å². The van der Waals surface area contributed by atoms with Crippen molar-refractivity contribution in [2.24, 2.45) is 0 Å². The molecule has 2 aromatic heterocycles. The highest BCUT2D eigenvalue weighted by molar-refractivity contribution is 4.96. The zero-order valence-electron chi connectivity index (χ0n) is 10.7. The van der Waals surface area contributed by atoms with E-state index in [-0.39, 0.29) is 0 Å². The van der Waals surface area contributed by atoms with Gasteiger partial charge in [-0.15, -0.1) is 0 Å². The van der Waals surface area contributed by atoms with Crippen molar-refractivity contribution >= 4 is 0 Å². The third-order valence-corrected chi connectivity index (χ3v) is 2.47. The normalized spacial score (nSPS) is 10.6. The van der Waals surface area contributed by atoms with Gasteiger partial charge in [0.05, 0.1) is 12.4 Å². The van der Waals surface area contributed by atoms with Crippen molar-refractivity contribution in [2.75, 3.05) is 13.2 Å². The Morgan fingerprint density at radius 3 is 1.72 bits per heavy atom. The molecule has 0 spiro atoms. The number of hydrogen-bond acceptors (Lipinski definition) is 4. The first-order chi connectivity index (χ1) is 8.85. The third kappa shape index (κ3) is 2.82. The van der Waals surface area contributed by atoms with Crippen LogP contribution in [0.4, 0.5) is 0 Å². The summed E-state index contributed by atoms with van der Waals surface area (Å²) >= 11 is 0. The minimum Gasteiger partial charge on any atom is -0.413 e. The molecule has 0 N–H and O–H groups in total. The average molecular weight is 250 g/mol. The second kappa shape index (κ2) is 6.09. The Balaban J connectivity index is 1.98. The summed E-state index contributed by atoms with van der Waals surface area (Å²) in [6.07, 6.45) is 8.62. The Bertz CT molecular complexity index is 434. The van der Waals surface area contributed by atoms with E-state index in [1.165, 1.54) is 0 Å². The first kappa shape index (κ1) is 12.5. The highest BCUT2D eigenvalue weighted by Crippen LogP contribution is 2.03. The molecule has 2 heterocycles. The van der Waals surface area contributed by atoms with Crippen molar-refractivity contribution in [3.8, 4) is 0 Å². The molecule has 0 aliphatic carbocycles. The van der Waals surface area contributed by atoms with Gasteiger partial charge in [-0.25, -0.2) is 9.97 Å². The van der Waals surface area contributed by atoms with Crippen LogP contribution in [0.5, 0.6) is 0 Å². The lowest BCUT2D eigenvalue weighted by Gasteiger charge is -2.09. The first-order valence-corrected chi connectivity index (χ1v) is 6.16. The van der Waals surface area contributed by atoms with E-state index in [0.717, 1.165) is 24.5 Å². The van der Waals surface area contributed by atoms with Crippen molar-refractivity contribution in [1.82, 2.24) is 19.4 Å². The smallest absolute Gasteiger partial charge is 0.145 e. The molecule has 0 aliphatic heterocycles. The molecule has 98 valence electrons. The average Bonchev–Trinajstić information content (AvgIpc) is 2.97. The summed E-state index contributed by atoms with van der Waals surface area (Å²) in [7, 11) is 0. The van der Waals surface area contributed by atoms with Gasteiger partial charge in [-0.05, 0) is 13.8 Å². The topological polar surface area (TPSA) is 54.1 Å². The van der Waals surface area contributed by atoms with Crippen LogP contribution in [-0.4, -0.2) is 32.6 Å². The molecule has 6 heteroatoms. The van der Waals surface area contributed by atoms with E-state index in [4.69, 9.17) is 9.68 Å². The summed E-state index contributed by atoms with van der Waals surface area (Å²) in [5.74, 6) is 1.78. The fourth-order valence-corrected chi connectivity index (χ4v) is 1.73. The Morgan fingerprint density at radius 1 is 0.889 bits per heavy atom. The Morgan fingerprint density at radius 2 is 1.33 bits per heavy atom. The second-order valence-corrected chi connectivity index (χ2v) is 3.67. The molecule has 0 aliphatic rings. The standard InChI is InChI=1S/C12H18N4O2/c1-3-17-15-9-7-13-11(15)5-6-12-14-8-10-16(12)18-4-2/h7-10H,3-6H2,1-2H3. The summed E-state index contributed by atoms with van der Waals surface area (Å²) in [6.45, 7) is 5.14. The monoisotopic (exact) mass is 250 g/mol. The van der Waals surface area contributed by atoms with Gasteiger partial charge in [0.15, 0.2) is 0 Å². The van der Waals surface area contributed by atoms with Gasteiger partial charge in [-0.3, -0.25) is 0 Å². The van der Waals surface area contributed by atoms with Crippen LogP contribution in [0.1, 0.15) is 25.5 Å². The lowest BCUT2D eigenvalue weighted by atomic mass is 10.3. The Hall–Kier alpha value is -1.98. The zero-order valence-corrected chi connectivity index (χ0v) is 10.7. The number of aromatic nitrogens is 4. The van der Waals surface area contributed by atoms with Crippen LogP contribution < -0.4 is 9.68 Å². The van der Waals surface area contributed by atoms with Crippen molar-refractivity contribution in [3.05, 3.63) is 36.4 Å². The molecule has 0 saturated heterocycles. The van der Waals surface area contributed by atoms with Crippen molar-refractivity contribution in [3.63, 3.8) is 0 Å². The molecule has 6 nitrogen and oxygen atoms in total. The van der Waals surface area contributed by atoms with E-state index in [0.29, 0.717) is 13.2 Å². The summed E-state index contributed by atoms with van der Waals surface area (Å²) in [5.41, 5.74) is 0. The molecule has 0 amide bonds. The Labute approximate surface area is 106 Å². The second-order valence-electron chi connectivity index (χ2n) is 3.67. The van der Waals surface area contributed by atoms with Gasteiger partial charge in [0.2, 0.25) is 0 Å². The van der Waals surface area contributed by atoms with E-state index in [1.807, 2.05) is 26.2 Å². The molecule has 2 aromatic rings. The van der Waals surface area contributed by atoms with Gasteiger partial charge in [-0.1, -0.05) is 0 Å². The molecular formula is C12H18N4O2. The predicted octanol–water partition coefficient (Wildman–Crippen LogP) is 0.762. The summed E-state index contributed by atoms with van der Waals surface area (Å²) in [4.78, 5) is 19.4. The largest absolute Gasteiger partial charge is 0.413 e. The molecule has 0 saturated carbocycles. The molecule has 0 atom stereocenters. The minimum absolute atomic E-state index is 0.622. The van der Waals surface area contributed by atoms with Gasteiger partial charge in [0.1, 0.15) is 24.9 Å². The van der Waals surface area contributed by atoms with Crippen molar-refractivity contribution in [1.29, 1.82) is 0 Å². The van der Waals surface area contributed by atoms with E-state index in [1.54, 1.807) is 21.9 Å². The Kier molecular flexibility index (Phi) is 4.22. The van der Waals surface area contributed by atoms with Gasteiger partial charge in [0.25, 0.3) is 0 Å². The van der Waals surface area contributed by atoms with Gasteiger partial charge >= 0.3 is 0 Å². The predicted molar refractivity (Wildman–Crippen MR) is 66.1 cm³/mol. The van der Waals surface area contributed by atoms with Crippen LogP contribution in [0.25, 0.3) is 0 Å². The summed E-state index contributed by atoms with van der Waals surface area (Å²) < 4.78 is 3.40. The lowest BCUT2D eigenvalue weighted by Crippen LogP contribution is -2.16. The van der Waals surface area contributed by atoms with E-state index < -0.39 is 0 Å². The molecule has 18 heavy (non-hydrogen) atoms. The number of nitrogens with zero attached hydrogens (tertiary/aromatic N) is 4. The van der Waals surface area contributed by atoms with E-state index >= 15 is 0 Å². The number of aryl methyl sites for hydroxylation is 2. The van der Waals surface area contributed by atoms with Crippen LogP contribution in [0.2, 0.25) is 0 Å². The molecule has 0 fully saturated rings. The SMILES string of the molecule is CCOn1ccnc1CCc1nccn1OCC. The molecule has 0 bridgehead atoms. The highest BCUT2D eigenvalue weighted by atomic mass is 16.7. The summed E-state index contributed by atoms with van der Waals surface area (Å²) in [6, 6.07) is 0. The molecule has 0 unspecified atom stereocenters.